The number of halogens is 1. The van der Waals surface area contributed by atoms with Crippen molar-refractivity contribution in [2.45, 2.75) is 75.9 Å². The summed E-state index contributed by atoms with van der Waals surface area (Å²) in [4.78, 5) is 14.3. The summed E-state index contributed by atoms with van der Waals surface area (Å²) in [6.45, 7) is 7.56. The molecule has 0 aromatic heterocycles. The number of piperidine rings is 1. The van der Waals surface area contributed by atoms with E-state index in [0.717, 1.165) is 5.56 Å². The van der Waals surface area contributed by atoms with E-state index >= 15 is 4.39 Å². The van der Waals surface area contributed by atoms with E-state index in [0.29, 0.717) is 6.54 Å². The van der Waals surface area contributed by atoms with Crippen molar-refractivity contribution in [3.05, 3.63) is 35.9 Å². The molecule has 2 N–H and O–H groups in total. The minimum absolute atomic E-state index is 0.270. The van der Waals surface area contributed by atoms with Crippen molar-refractivity contribution in [3.8, 4) is 0 Å². The van der Waals surface area contributed by atoms with Crippen molar-refractivity contribution < 1.29 is 23.8 Å². The molecule has 0 bridgehead atoms. The third kappa shape index (κ3) is 3.56. The summed E-state index contributed by atoms with van der Waals surface area (Å²) >= 11 is 0. The molecule has 1 aromatic carbocycles. The largest absolute Gasteiger partial charge is 0.395 e. The SMILES string of the molecule is CNC(=O)[C@@H]1[C@H](F)[C@H]2OC(C)(C)C(C)(C)O[C@@H]2[C@@H](CO)N1Cc1ccccc1. The number of carbonyl (C=O) groups is 1. The fourth-order valence-electron chi connectivity index (χ4n) is 4.06. The van der Waals surface area contributed by atoms with E-state index in [1.54, 1.807) is 4.90 Å². The number of hydrogen-bond donors (Lipinski definition) is 2. The zero-order valence-corrected chi connectivity index (χ0v) is 17.2. The summed E-state index contributed by atoms with van der Waals surface area (Å²) in [6, 6.07) is 7.86. The zero-order chi connectivity index (χ0) is 20.7. The maximum atomic E-state index is 15.7. The Morgan fingerprint density at radius 1 is 1.14 bits per heavy atom. The molecule has 2 fully saturated rings. The highest BCUT2D eigenvalue weighted by Crippen LogP contribution is 2.44. The van der Waals surface area contributed by atoms with Gasteiger partial charge in [-0.1, -0.05) is 30.3 Å². The van der Waals surface area contributed by atoms with Crippen LogP contribution < -0.4 is 5.32 Å². The molecule has 7 heteroatoms. The lowest BCUT2D eigenvalue weighted by atomic mass is 9.81. The summed E-state index contributed by atoms with van der Waals surface area (Å²) in [5, 5.41) is 12.8. The van der Waals surface area contributed by atoms with Gasteiger partial charge >= 0.3 is 0 Å². The monoisotopic (exact) mass is 394 g/mol. The van der Waals surface area contributed by atoms with Crippen LogP contribution in [-0.4, -0.2) is 71.2 Å². The van der Waals surface area contributed by atoms with Gasteiger partial charge in [0.1, 0.15) is 18.2 Å². The molecule has 1 aromatic rings. The fraction of sp³-hybridized carbons (Fsp3) is 0.667. The number of amides is 1. The van der Waals surface area contributed by atoms with E-state index in [-0.39, 0.29) is 6.61 Å². The number of likely N-dealkylation sites (tertiary alicyclic amines) is 1. The van der Waals surface area contributed by atoms with Gasteiger partial charge in [0.25, 0.3) is 0 Å². The van der Waals surface area contributed by atoms with Crippen LogP contribution in [-0.2, 0) is 20.8 Å². The van der Waals surface area contributed by atoms with E-state index in [2.05, 4.69) is 5.32 Å². The molecule has 1 amide bonds. The second kappa shape index (κ2) is 7.71. The number of nitrogens with zero attached hydrogens (tertiary/aromatic N) is 1. The predicted octanol–water partition coefficient (Wildman–Crippen LogP) is 1.66. The molecule has 5 atom stereocenters. The number of aliphatic hydroxyl groups excluding tert-OH is 1. The fourth-order valence-corrected chi connectivity index (χ4v) is 4.06. The van der Waals surface area contributed by atoms with Crippen LogP contribution in [0, 0.1) is 0 Å². The zero-order valence-electron chi connectivity index (χ0n) is 17.2. The average Bonchev–Trinajstić information content (AvgIpc) is 2.64. The lowest BCUT2D eigenvalue weighted by Crippen LogP contribution is -2.75. The Morgan fingerprint density at radius 2 is 1.71 bits per heavy atom. The molecule has 28 heavy (non-hydrogen) atoms. The maximum Gasteiger partial charge on any atom is 0.240 e. The molecule has 2 aliphatic heterocycles. The number of benzene rings is 1. The van der Waals surface area contributed by atoms with Crippen LogP contribution in [0.25, 0.3) is 0 Å². The molecular formula is C21H31FN2O4. The molecule has 0 aliphatic carbocycles. The third-order valence-corrected chi connectivity index (χ3v) is 6.32. The maximum absolute atomic E-state index is 15.7. The van der Waals surface area contributed by atoms with Crippen molar-refractivity contribution >= 4 is 5.91 Å². The van der Waals surface area contributed by atoms with Crippen molar-refractivity contribution in [3.63, 3.8) is 0 Å². The molecule has 3 rings (SSSR count). The van der Waals surface area contributed by atoms with Crippen molar-refractivity contribution in [2.75, 3.05) is 13.7 Å². The van der Waals surface area contributed by atoms with Gasteiger partial charge in [-0.05, 0) is 33.3 Å². The number of alkyl halides is 1. The van der Waals surface area contributed by atoms with Crippen LogP contribution in [0.15, 0.2) is 30.3 Å². The highest BCUT2D eigenvalue weighted by molar-refractivity contribution is 5.82. The van der Waals surface area contributed by atoms with Gasteiger partial charge in [-0.25, -0.2) is 4.39 Å². The van der Waals surface area contributed by atoms with Gasteiger partial charge in [0.2, 0.25) is 5.91 Å². The summed E-state index contributed by atoms with van der Waals surface area (Å²) < 4.78 is 28.1. The van der Waals surface area contributed by atoms with Crippen LogP contribution in [0.2, 0.25) is 0 Å². The van der Waals surface area contributed by atoms with Crippen LogP contribution in [0.5, 0.6) is 0 Å². The predicted molar refractivity (Wildman–Crippen MR) is 104 cm³/mol. The summed E-state index contributed by atoms with van der Waals surface area (Å²) in [6.07, 6.45) is -3.21. The number of hydrogen-bond acceptors (Lipinski definition) is 5. The number of ether oxygens (including phenoxy) is 2. The van der Waals surface area contributed by atoms with Crippen molar-refractivity contribution in [1.29, 1.82) is 0 Å². The van der Waals surface area contributed by atoms with Gasteiger partial charge in [-0.15, -0.1) is 0 Å². The number of likely N-dealkylation sites (N-methyl/N-ethyl adjacent to an activating group) is 1. The first-order chi connectivity index (χ1) is 13.1. The molecule has 0 unspecified atom stereocenters. The molecule has 0 spiro atoms. The van der Waals surface area contributed by atoms with Crippen LogP contribution in [0.4, 0.5) is 4.39 Å². The first-order valence-electron chi connectivity index (χ1n) is 9.75. The van der Waals surface area contributed by atoms with Gasteiger partial charge in [0, 0.05) is 13.6 Å². The number of nitrogens with one attached hydrogen (secondary N) is 1. The van der Waals surface area contributed by atoms with Gasteiger partial charge in [-0.3, -0.25) is 9.69 Å². The van der Waals surface area contributed by atoms with Gasteiger partial charge in [0.15, 0.2) is 6.17 Å². The third-order valence-electron chi connectivity index (χ3n) is 6.32. The summed E-state index contributed by atoms with van der Waals surface area (Å²) in [5.41, 5.74) is -0.496. The molecule has 6 nitrogen and oxygen atoms in total. The number of rotatable bonds is 4. The summed E-state index contributed by atoms with van der Waals surface area (Å²) in [5.74, 6) is -0.438. The van der Waals surface area contributed by atoms with Gasteiger partial charge in [0.05, 0.1) is 23.9 Å². The molecule has 2 aliphatic rings. The Bertz CT molecular complexity index is 697. The Morgan fingerprint density at radius 3 is 2.25 bits per heavy atom. The quantitative estimate of drug-likeness (QED) is 0.813. The van der Waals surface area contributed by atoms with E-state index in [1.807, 2.05) is 58.0 Å². The topological polar surface area (TPSA) is 71.0 Å². The Hall–Kier alpha value is -1.54. The van der Waals surface area contributed by atoms with E-state index in [1.165, 1.54) is 7.05 Å². The van der Waals surface area contributed by atoms with E-state index in [9.17, 15) is 9.90 Å². The highest BCUT2D eigenvalue weighted by Gasteiger charge is 2.60. The normalized spacial score (nSPS) is 34.5. The lowest BCUT2D eigenvalue weighted by molar-refractivity contribution is -0.333. The lowest BCUT2D eigenvalue weighted by Gasteiger charge is -2.58. The summed E-state index contributed by atoms with van der Waals surface area (Å²) in [7, 11) is 1.49. The molecule has 2 heterocycles. The van der Waals surface area contributed by atoms with Crippen LogP contribution in [0.1, 0.15) is 33.3 Å². The van der Waals surface area contributed by atoms with Crippen molar-refractivity contribution in [2.24, 2.45) is 0 Å². The van der Waals surface area contributed by atoms with Crippen LogP contribution in [0.3, 0.4) is 0 Å². The number of fused-ring (bicyclic) bond motifs is 1. The minimum Gasteiger partial charge on any atom is -0.395 e. The number of aliphatic hydroxyl groups is 1. The van der Waals surface area contributed by atoms with Crippen molar-refractivity contribution in [1.82, 2.24) is 10.2 Å². The smallest absolute Gasteiger partial charge is 0.240 e. The highest BCUT2D eigenvalue weighted by atomic mass is 19.1. The standard InChI is InChI=1S/C21H31FN2O4/c1-20(2)21(3,4)28-18-15(22)16(19(26)23-5)24(14(12-25)17(18)27-20)11-13-9-7-6-8-10-13/h6-10,14-18,25H,11-12H2,1-5H3,(H,23,26)/t14-,15+,16+,17-,18-/m1/s1. The van der Waals surface area contributed by atoms with E-state index in [4.69, 9.17) is 9.47 Å². The first-order valence-corrected chi connectivity index (χ1v) is 9.75. The molecule has 156 valence electrons. The Balaban J connectivity index is 2.01. The number of carbonyl (C=O) groups excluding carboxylic acids is 1. The Kier molecular flexibility index (Phi) is 5.83. The first kappa shape index (κ1) is 21.2. The molecular weight excluding hydrogens is 363 g/mol. The molecule has 0 radical (unpaired) electrons. The Labute approximate surface area is 166 Å². The van der Waals surface area contributed by atoms with E-state index < -0.39 is 47.6 Å². The second-order valence-electron chi connectivity index (χ2n) is 8.60. The second-order valence-corrected chi connectivity index (χ2v) is 8.60. The average molecular weight is 394 g/mol. The van der Waals surface area contributed by atoms with Gasteiger partial charge < -0.3 is 19.9 Å². The molecule has 0 saturated carbocycles. The van der Waals surface area contributed by atoms with Crippen LogP contribution >= 0.6 is 0 Å². The van der Waals surface area contributed by atoms with Gasteiger partial charge in [-0.2, -0.15) is 0 Å². The molecule has 2 saturated heterocycles. The minimum atomic E-state index is -1.59.